The van der Waals surface area contributed by atoms with Gasteiger partial charge in [-0.1, -0.05) is 13.3 Å². The summed E-state index contributed by atoms with van der Waals surface area (Å²) in [4.78, 5) is 13.5. The van der Waals surface area contributed by atoms with E-state index in [0.717, 1.165) is 12.8 Å². The Balaban J connectivity index is 1.35. The molecule has 2 aromatic rings. The van der Waals surface area contributed by atoms with Crippen LogP contribution >= 0.6 is 0 Å². The van der Waals surface area contributed by atoms with Crippen molar-refractivity contribution in [2.24, 2.45) is 0 Å². The molecule has 1 fully saturated rings. The Bertz CT molecular complexity index is 1010. The van der Waals surface area contributed by atoms with Crippen LogP contribution in [-0.2, 0) is 11.2 Å². The first kappa shape index (κ1) is 23.3. The van der Waals surface area contributed by atoms with Crippen LogP contribution in [0.2, 0.25) is 0 Å². The molecule has 2 aromatic carbocycles. The van der Waals surface area contributed by atoms with Crippen LogP contribution in [-0.4, -0.2) is 42.9 Å². The molecule has 33 heavy (non-hydrogen) atoms. The second kappa shape index (κ2) is 9.95. The minimum atomic E-state index is -1.07. The number of unbranched alkanes of at least 4 members (excludes halogenated alkanes) is 1. The molecule has 0 aromatic heterocycles. The molecule has 0 radical (unpaired) electrons. The van der Waals surface area contributed by atoms with Crippen molar-refractivity contribution < 1.29 is 28.2 Å². The van der Waals surface area contributed by atoms with Gasteiger partial charge in [-0.25, -0.2) is 8.78 Å². The van der Waals surface area contributed by atoms with Crippen LogP contribution in [0.15, 0.2) is 30.3 Å². The van der Waals surface area contributed by atoms with Gasteiger partial charge in [0, 0.05) is 31.1 Å². The molecular formula is C25H30F2N2O4. The zero-order chi connectivity index (χ0) is 23.4. The van der Waals surface area contributed by atoms with Crippen molar-refractivity contribution in [3.05, 3.63) is 47.5 Å². The van der Waals surface area contributed by atoms with Crippen molar-refractivity contribution in [3.63, 3.8) is 0 Å². The fraction of sp³-hybridized carbons (Fsp3) is 0.480. The van der Waals surface area contributed by atoms with Crippen LogP contribution in [0.5, 0.6) is 11.5 Å². The zero-order valence-electron chi connectivity index (χ0n) is 18.8. The number of carbonyl (C=O) groups excluding carboxylic acids is 1. The molecule has 0 atom stereocenters. The summed E-state index contributed by atoms with van der Waals surface area (Å²) in [6.07, 6.45) is 3.40. The molecule has 178 valence electrons. The molecule has 6 nitrogen and oxygen atoms in total. The first-order valence-electron chi connectivity index (χ1n) is 11.5. The number of nitrogens with zero attached hydrogens (tertiary/aromatic N) is 1. The normalized spacial score (nSPS) is 17.3. The van der Waals surface area contributed by atoms with E-state index in [4.69, 9.17) is 9.47 Å². The minimum absolute atomic E-state index is 0.0412. The third-order valence-electron chi connectivity index (χ3n) is 6.30. The lowest BCUT2D eigenvalue weighted by atomic mass is 9.92. The molecule has 2 N–H and O–H groups in total. The van der Waals surface area contributed by atoms with E-state index in [1.54, 1.807) is 12.1 Å². The van der Waals surface area contributed by atoms with Gasteiger partial charge in [-0.2, -0.15) is 0 Å². The summed E-state index contributed by atoms with van der Waals surface area (Å²) in [5, 5.41) is 13.6. The summed E-state index contributed by atoms with van der Waals surface area (Å²) in [5.74, 6) is -0.0818. The number of piperidine rings is 1. The maximum atomic E-state index is 14.7. The van der Waals surface area contributed by atoms with Gasteiger partial charge in [-0.15, -0.1) is 0 Å². The lowest BCUT2D eigenvalue weighted by molar-refractivity contribution is -0.116. The standard InChI is InChI=1S/C25H30F2N2O4/c1-2-3-14-32-17-4-7-21(20(27)15-17)29-12-10-25(31,11-13-29)16-33-22-8-6-19(26)24-18(22)5-9-23(30)28-24/h4,6-8,15,31H,2-3,5,9-14,16H2,1H3,(H,28,30). The number of anilines is 2. The SMILES string of the molecule is CCCCOc1ccc(N2CCC(O)(COc3ccc(F)c4c3CCC(=O)N4)CC2)c(F)c1. The van der Waals surface area contributed by atoms with Crippen LogP contribution in [0.1, 0.15) is 44.6 Å². The van der Waals surface area contributed by atoms with Gasteiger partial charge < -0.3 is 24.8 Å². The largest absolute Gasteiger partial charge is 0.493 e. The summed E-state index contributed by atoms with van der Waals surface area (Å²) >= 11 is 0. The Kier molecular flexibility index (Phi) is 7.02. The number of rotatable bonds is 8. The summed E-state index contributed by atoms with van der Waals surface area (Å²) in [6.45, 7) is 3.63. The Morgan fingerprint density at radius 2 is 1.88 bits per heavy atom. The lowest BCUT2D eigenvalue weighted by Crippen LogP contribution is -2.48. The molecule has 8 heteroatoms. The predicted octanol–water partition coefficient (Wildman–Crippen LogP) is 4.44. The molecule has 0 aliphatic carbocycles. The number of amides is 1. The highest BCUT2D eigenvalue weighted by Gasteiger charge is 2.34. The molecular weight excluding hydrogens is 430 g/mol. The van der Waals surface area contributed by atoms with Crippen molar-refractivity contribution in [2.45, 2.75) is 51.0 Å². The van der Waals surface area contributed by atoms with Crippen molar-refractivity contribution in [3.8, 4) is 11.5 Å². The van der Waals surface area contributed by atoms with Crippen molar-refractivity contribution in [1.82, 2.24) is 0 Å². The van der Waals surface area contributed by atoms with E-state index in [1.165, 1.54) is 18.2 Å². The Morgan fingerprint density at radius 1 is 1.09 bits per heavy atom. The van der Waals surface area contributed by atoms with Gasteiger partial charge in [0.2, 0.25) is 5.91 Å². The molecule has 1 amide bonds. The molecule has 0 unspecified atom stereocenters. The smallest absolute Gasteiger partial charge is 0.224 e. The van der Waals surface area contributed by atoms with E-state index in [0.29, 0.717) is 61.7 Å². The monoisotopic (exact) mass is 460 g/mol. The Hall–Kier alpha value is -2.87. The van der Waals surface area contributed by atoms with Crippen LogP contribution < -0.4 is 19.7 Å². The van der Waals surface area contributed by atoms with E-state index in [2.05, 4.69) is 12.2 Å². The summed E-state index contributed by atoms with van der Waals surface area (Å²) in [6, 6.07) is 7.69. The Morgan fingerprint density at radius 3 is 2.61 bits per heavy atom. The number of nitrogens with one attached hydrogen (secondary N) is 1. The molecule has 0 saturated carbocycles. The number of hydrogen-bond donors (Lipinski definition) is 2. The first-order valence-corrected chi connectivity index (χ1v) is 11.5. The lowest BCUT2D eigenvalue weighted by Gasteiger charge is -2.39. The van der Waals surface area contributed by atoms with Crippen molar-refractivity contribution in [2.75, 3.05) is 36.5 Å². The van der Waals surface area contributed by atoms with Crippen LogP contribution in [0.4, 0.5) is 20.2 Å². The maximum absolute atomic E-state index is 14.7. The van der Waals surface area contributed by atoms with Gasteiger partial charge in [-0.3, -0.25) is 4.79 Å². The highest BCUT2D eigenvalue weighted by Crippen LogP contribution is 2.35. The number of benzene rings is 2. The molecule has 2 aliphatic rings. The van der Waals surface area contributed by atoms with Crippen molar-refractivity contribution >= 4 is 17.3 Å². The van der Waals surface area contributed by atoms with E-state index in [9.17, 15) is 18.7 Å². The summed E-state index contributed by atoms with van der Waals surface area (Å²) < 4.78 is 40.2. The second-order valence-corrected chi connectivity index (χ2v) is 8.76. The van der Waals surface area contributed by atoms with E-state index in [1.807, 2.05) is 4.90 Å². The van der Waals surface area contributed by atoms with Crippen LogP contribution in [0, 0.1) is 11.6 Å². The fourth-order valence-electron chi connectivity index (χ4n) is 4.25. The molecule has 1 saturated heterocycles. The van der Waals surface area contributed by atoms with E-state index >= 15 is 0 Å². The summed E-state index contributed by atoms with van der Waals surface area (Å²) in [5.41, 5.74) is 0.182. The Labute approximate surface area is 192 Å². The van der Waals surface area contributed by atoms with Crippen LogP contribution in [0.3, 0.4) is 0 Å². The number of carbonyl (C=O) groups is 1. The highest BCUT2D eigenvalue weighted by atomic mass is 19.1. The number of aliphatic hydroxyl groups is 1. The topological polar surface area (TPSA) is 71.0 Å². The molecule has 2 aliphatic heterocycles. The minimum Gasteiger partial charge on any atom is -0.493 e. The predicted molar refractivity (Wildman–Crippen MR) is 122 cm³/mol. The third kappa shape index (κ3) is 5.38. The summed E-state index contributed by atoms with van der Waals surface area (Å²) in [7, 11) is 0. The molecule has 4 rings (SSSR count). The number of halogens is 2. The average molecular weight is 461 g/mol. The third-order valence-corrected chi connectivity index (χ3v) is 6.30. The van der Waals surface area contributed by atoms with Crippen molar-refractivity contribution in [1.29, 1.82) is 0 Å². The van der Waals surface area contributed by atoms with Crippen LogP contribution in [0.25, 0.3) is 0 Å². The number of hydrogen-bond acceptors (Lipinski definition) is 5. The molecule has 2 heterocycles. The second-order valence-electron chi connectivity index (χ2n) is 8.76. The number of fused-ring (bicyclic) bond motifs is 1. The maximum Gasteiger partial charge on any atom is 0.224 e. The molecule has 0 spiro atoms. The zero-order valence-corrected chi connectivity index (χ0v) is 18.8. The van der Waals surface area contributed by atoms with Gasteiger partial charge in [0.05, 0.1) is 18.0 Å². The molecule has 0 bridgehead atoms. The van der Waals surface area contributed by atoms with E-state index in [-0.39, 0.29) is 30.4 Å². The fourth-order valence-corrected chi connectivity index (χ4v) is 4.25. The highest BCUT2D eigenvalue weighted by molar-refractivity contribution is 5.94. The van der Waals surface area contributed by atoms with Gasteiger partial charge in [0.15, 0.2) is 0 Å². The van der Waals surface area contributed by atoms with Gasteiger partial charge in [0.1, 0.15) is 35.3 Å². The number of ether oxygens (including phenoxy) is 2. The first-order chi connectivity index (χ1) is 15.9. The van der Waals surface area contributed by atoms with E-state index < -0.39 is 11.4 Å². The van der Waals surface area contributed by atoms with Gasteiger partial charge in [-0.05, 0) is 49.9 Å². The van der Waals surface area contributed by atoms with Gasteiger partial charge in [0.25, 0.3) is 0 Å². The quantitative estimate of drug-likeness (QED) is 0.570. The van der Waals surface area contributed by atoms with Gasteiger partial charge >= 0.3 is 0 Å². The average Bonchev–Trinajstić information content (AvgIpc) is 2.80.